The van der Waals surface area contributed by atoms with Gasteiger partial charge >= 0.3 is 0 Å². The molecule has 0 spiro atoms. The Morgan fingerprint density at radius 1 is 1.09 bits per heavy atom. The number of aryl methyl sites for hydroxylation is 1. The van der Waals surface area contributed by atoms with E-state index < -0.39 is 0 Å². The van der Waals surface area contributed by atoms with Gasteiger partial charge in [-0.25, -0.2) is 4.98 Å². The number of methoxy groups -OCH3 is 1. The Hall–Kier alpha value is -3.51. The summed E-state index contributed by atoms with van der Waals surface area (Å²) < 4.78 is 13.7. The van der Waals surface area contributed by atoms with Gasteiger partial charge in [0.15, 0.2) is 0 Å². The first kappa shape index (κ1) is 22.3. The van der Waals surface area contributed by atoms with Crippen LogP contribution in [-0.2, 0) is 11.3 Å². The molecular formula is C27H26ClN3O3. The molecule has 1 saturated heterocycles. The highest BCUT2D eigenvalue weighted by molar-refractivity contribution is 6.31. The molecule has 1 aliphatic heterocycles. The van der Waals surface area contributed by atoms with Gasteiger partial charge in [-0.15, -0.1) is 0 Å². The van der Waals surface area contributed by atoms with Gasteiger partial charge in [0.2, 0.25) is 5.91 Å². The average molecular weight is 476 g/mol. The third kappa shape index (κ3) is 4.21. The number of hydrogen-bond donors (Lipinski definition) is 0. The summed E-state index contributed by atoms with van der Waals surface area (Å²) in [5.41, 5.74) is 3.73. The Kier molecular flexibility index (Phi) is 6.16. The molecule has 34 heavy (non-hydrogen) atoms. The number of halogens is 1. The van der Waals surface area contributed by atoms with E-state index in [0.29, 0.717) is 31.9 Å². The lowest BCUT2D eigenvalue weighted by molar-refractivity contribution is -0.117. The summed E-state index contributed by atoms with van der Waals surface area (Å²) in [5.74, 6) is 2.43. The normalized spacial score (nSPS) is 15.8. The Morgan fingerprint density at radius 3 is 2.71 bits per heavy atom. The second-order valence-electron chi connectivity index (χ2n) is 8.45. The topological polar surface area (TPSA) is 56.6 Å². The van der Waals surface area contributed by atoms with Gasteiger partial charge in [-0.3, -0.25) is 4.79 Å². The summed E-state index contributed by atoms with van der Waals surface area (Å²) in [6, 6.07) is 21.4. The van der Waals surface area contributed by atoms with Crippen molar-refractivity contribution in [3.05, 3.63) is 83.1 Å². The number of ether oxygens (including phenoxy) is 2. The zero-order valence-electron chi connectivity index (χ0n) is 19.2. The second kappa shape index (κ2) is 9.39. The van der Waals surface area contributed by atoms with Crippen molar-refractivity contribution in [2.24, 2.45) is 0 Å². The number of hydrogen-bond acceptors (Lipinski definition) is 4. The Morgan fingerprint density at radius 2 is 1.88 bits per heavy atom. The van der Waals surface area contributed by atoms with Crippen LogP contribution in [0.2, 0.25) is 5.02 Å². The summed E-state index contributed by atoms with van der Waals surface area (Å²) in [7, 11) is 1.62. The molecule has 6 nitrogen and oxygen atoms in total. The number of aromatic nitrogens is 2. The van der Waals surface area contributed by atoms with Crippen molar-refractivity contribution >= 4 is 34.2 Å². The number of anilines is 1. The van der Waals surface area contributed by atoms with E-state index in [0.717, 1.165) is 38.9 Å². The van der Waals surface area contributed by atoms with Crippen molar-refractivity contribution in [1.82, 2.24) is 9.55 Å². The van der Waals surface area contributed by atoms with Crippen LogP contribution >= 0.6 is 11.6 Å². The van der Waals surface area contributed by atoms with E-state index in [4.69, 9.17) is 26.1 Å². The maximum absolute atomic E-state index is 13.0. The Balaban J connectivity index is 1.40. The number of carbonyl (C=O) groups excluding carboxylic acids is 1. The van der Waals surface area contributed by atoms with E-state index in [9.17, 15) is 4.79 Å². The summed E-state index contributed by atoms with van der Waals surface area (Å²) in [6.45, 7) is 3.61. The largest absolute Gasteiger partial charge is 0.495 e. The van der Waals surface area contributed by atoms with Gasteiger partial charge in [0.25, 0.3) is 0 Å². The molecule has 2 heterocycles. The van der Waals surface area contributed by atoms with E-state index in [2.05, 4.69) is 10.6 Å². The van der Waals surface area contributed by atoms with Crippen LogP contribution < -0.4 is 14.4 Å². The number of para-hydroxylation sites is 4. The SMILES string of the molecule is COc1ccccc1N1CC(c2nc3ccccc3n2CCOc2ccc(Cl)c(C)c2)CC1=O. The molecule has 0 radical (unpaired) electrons. The lowest BCUT2D eigenvalue weighted by Gasteiger charge is -2.20. The molecule has 1 aromatic heterocycles. The first-order chi connectivity index (χ1) is 16.5. The molecule has 3 aromatic carbocycles. The van der Waals surface area contributed by atoms with Gasteiger partial charge in [-0.05, 0) is 55.0 Å². The first-order valence-corrected chi connectivity index (χ1v) is 11.7. The molecule has 4 aromatic rings. The lowest BCUT2D eigenvalue weighted by atomic mass is 10.1. The van der Waals surface area contributed by atoms with Crippen LogP contribution in [0.1, 0.15) is 23.7 Å². The van der Waals surface area contributed by atoms with Crippen LogP contribution in [0.15, 0.2) is 66.7 Å². The maximum atomic E-state index is 13.0. The van der Waals surface area contributed by atoms with E-state index in [-0.39, 0.29) is 11.8 Å². The minimum Gasteiger partial charge on any atom is -0.495 e. The average Bonchev–Trinajstić information content (AvgIpc) is 3.42. The molecule has 0 bridgehead atoms. The second-order valence-corrected chi connectivity index (χ2v) is 8.85. The van der Waals surface area contributed by atoms with E-state index >= 15 is 0 Å². The Bertz CT molecular complexity index is 1350. The van der Waals surface area contributed by atoms with Gasteiger partial charge in [0.05, 0.1) is 30.4 Å². The highest BCUT2D eigenvalue weighted by Crippen LogP contribution is 2.37. The number of amides is 1. The number of benzene rings is 3. The Labute approximate surface area is 203 Å². The predicted octanol–water partition coefficient (Wildman–Crippen LogP) is 5.61. The highest BCUT2D eigenvalue weighted by Gasteiger charge is 2.35. The smallest absolute Gasteiger partial charge is 0.227 e. The number of nitrogens with zero attached hydrogens (tertiary/aromatic N) is 3. The van der Waals surface area contributed by atoms with Crippen molar-refractivity contribution in [1.29, 1.82) is 0 Å². The first-order valence-electron chi connectivity index (χ1n) is 11.3. The minimum absolute atomic E-state index is 0.0254. The number of fused-ring (bicyclic) bond motifs is 1. The van der Waals surface area contributed by atoms with Crippen LogP contribution in [0.25, 0.3) is 11.0 Å². The molecule has 0 aliphatic carbocycles. The van der Waals surface area contributed by atoms with E-state index in [1.807, 2.05) is 67.6 Å². The maximum Gasteiger partial charge on any atom is 0.227 e. The molecule has 7 heteroatoms. The van der Waals surface area contributed by atoms with Crippen molar-refractivity contribution in [2.75, 3.05) is 25.2 Å². The third-order valence-corrected chi connectivity index (χ3v) is 6.69. The fourth-order valence-electron chi connectivity index (χ4n) is 4.57. The van der Waals surface area contributed by atoms with Gasteiger partial charge in [0, 0.05) is 23.9 Å². The number of carbonyl (C=O) groups is 1. The molecular weight excluding hydrogens is 450 g/mol. The van der Waals surface area contributed by atoms with Gasteiger partial charge in [-0.2, -0.15) is 0 Å². The zero-order chi connectivity index (χ0) is 23.7. The predicted molar refractivity (Wildman–Crippen MR) is 134 cm³/mol. The standard InChI is InChI=1S/C27H26ClN3O3/c1-18-15-20(11-12-21(18)28)34-14-13-30-23-8-4-3-7-22(23)29-27(30)19-16-26(32)31(17-19)24-9-5-6-10-25(24)33-2/h3-12,15,19H,13-14,16-17H2,1-2H3. The van der Waals surface area contributed by atoms with Gasteiger partial charge in [-0.1, -0.05) is 35.9 Å². The molecule has 1 fully saturated rings. The van der Waals surface area contributed by atoms with Crippen LogP contribution in [0.3, 0.4) is 0 Å². The summed E-state index contributed by atoms with van der Waals surface area (Å²) in [4.78, 5) is 19.7. The minimum atomic E-state index is -0.0254. The van der Waals surface area contributed by atoms with Crippen LogP contribution in [0, 0.1) is 6.92 Å². The van der Waals surface area contributed by atoms with Crippen molar-refractivity contribution < 1.29 is 14.3 Å². The molecule has 5 rings (SSSR count). The summed E-state index contributed by atoms with van der Waals surface area (Å²) in [6.07, 6.45) is 0.401. The van der Waals surface area contributed by atoms with Crippen molar-refractivity contribution in [2.45, 2.75) is 25.8 Å². The molecule has 0 saturated carbocycles. The van der Waals surface area contributed by atoms with Crippen molar-refractivity contribution in [3.8, 4) is 11.5 Å². The summed E-state index contributed by atoms with van der Waals surface area (Å²) >= 11 is 6.13. The molecule has 1 atom stereocenters. The van der Waals surface area contributed by atoms with E-state index in [1.165, 1.54) is 0 Å². The quantitative estimate of drug-likeness (QED) is 0.349. The highest BCUT2D eigenvalue weighted by atomic mass is 35.5. The fourth-order valence-corrected chi connectivity index (χ4v) is 4.69. The van der Waals surface area contributed by atoms with Gasteiger partial charge < -0.3 is 18.9 Å². The fraction of sp³-hybridized carbons (Fsp3) is 0.259. The van der Waals surface area contributed by atoms with Crippen LogP contribution in [-0.4, -0.2) is 35.7 Å². The van der Waals surface area contributed by atoms with E-state index in [1.54, 1.807) is 12.0 Å². The number of imidazole rings is 1. The zero-order valence-corrected chi connectivity index (χ0v) is 20.0. The molecule has 1 amide bonds. The lowest BCUT2D eigenvalue weighted by Crippen LogP contribution is -2.25. The van der Waals surface area contributed by atoms with Gasteiger partial charge in [0.1, 0.15) is 23.9 Å². The van der Waals surface area contributed by atoms with Crippen molar-refractivity contribution in [3.63, 3.8) is 0 Å². The summed E-state index contributed by atoms with van der Waals surface area (Å²) in [5, 5.41) is 0.723. The van der Waals surface area contributed by atoms with Crippen LogP contribution in [0.5, 0.6) is 11.5 Å². The monoisotopic (exact) mass is 475 g/mol. The molecule has 174 valence electrons. The molecule has 1 aliphatic rings. The number of rotatable bonds is 7. The third-order valence-electron chi connectivity index (χ3n) is 6.26. The molecule has 1 unspecified atom stereocenters. The van der Waals surface area contributed by atoms with Crippen LogP contribution in [0.4, 0.5) is 5.69 Å². The molecule has 0 N–H and O–H groups in total.